The minimum Gasteiger partial charge on any atom is -0.369 e. The van der Waals surface area contributed by atoms with Gasteiger partial charge in [0.2, 0.25) is 13.5 Å². The number of nitrogens with one attached hydrogen (secondary N) is 1. The first kappa shape index (κ1) is 26.1. The summed E-state index contributed by atoms with van der Waals surface area (Å²) in [5, 5.41) is 0. The van der Waals surface area contributed by atoms with Crippen molar-refractivity contribution in [2.24, 2.45) is 0 Å². The first-order chi connectivity index (χ1) is 18.3. The van der Waals surface area contributed by atoms with Gasteiger partial charge in [-0.1, -0.05) is 24.5 Å². The van der Waals surface area contributed by atoms with Crippen LogP contribution in [-0.4, -0.2) is 64.5 Å². The van der Waals surface area contributed by atoms with Gasteiger partial charge in [0.1, 0.15) is 30.4 Å². The van der Waals surface area contributed by atoms with Crippen LogP contribution in [0.5, 0.6) is 0 Å². The number of nitrogen functional groups attached to an aromatic ring is 1. The van der Waals surface area contributed by atoms with Crippen molar-refractivity contribution in [3.05, 3.63) is 35.0 Å². The van der Waals surface area contributed by atoms with Gasteiger partial charge in [-0.15, -0.1) is 0 Å². The van der Waals surface area contributed by atoms with Crippen LogP contribution in [0.3, 0.4) is 0 Å². The number of nitrogens with two attached hydrogens (primary N) is 1. The van der Waals surface area contributed by atoms with Gasteiger partial charge >= 0.3 is 6.80 Å². The number of anilines is 1. The van der Waals surface area contributed by atoms with E-state index in [4.69, 9.17) is 28.6 Å². The second-order valence-electron chi connectivity index (χ2n) is 8.32. The molecule has 16 nitrogen and oxygen atoms in total. The predicted octanol–water partition coefficient (Wildman–Crippen LogP) is 1.97. The summed E-state index contributed by atoms with van der Waals surface area (Å²) in [6, 6.07) is 0. The zero-order chi connectivity index (χ0) is 26.4. The van der Waals surface area contributed by atoms with Crippen LogP contribution in [-0.2, 0) is 40.5 Å². The van der Waals surface area contributed by atoms with E-state index in [1.165, 1.54) is 17.2 Å². The summed E-state index contributed by atoms with van der Waals surface area (Å²) in [5.41, 5.74) is 6.56. The van der Waals surface area contributed by atoms with Gasteiger partial charge in [0.25, 0.3) is 5.56 Å². The van der Waals surface area contributed by atoms with Crippen molar-refractivity contribution < 1.29 is 27.4 Å². The highest BCUT2D eigenvalue weighted by molar-refractivity contribution is 8.44. The third kappa shape index (κ3) is 5.20. The molecule has 5 atom stereocenters. The standard InChI is InChI=1S/C18H21N9O7P2S2/c19-18-24-15-13(16(28)25-18)22-8-27(15)17-11-3-9(33-17)5-31-35(37)30-2-1-26-12(6-32-36(29,38)34-11)23-10-4-20-7-21-14(10)26/h4,7-9,11,17,37H,1-3,5-6H2,(H,29,38)(H3,19,24,25,28)/t9-,11+,17+,35?,36?/m0/s1. The largest absolute Gasteiger partial charge is 0.386 e. The monoisotopic (exact) mass is 601 g/mol. The summed E-state index contributed by atoms with van der Waals surface area (Å²) in [5.74, 6) is 0.334. The normalized spacial score (nSPS) is 29.2. The Labute approximate surface area is 225 Å². The molecule has 0 amide bonds. The molecule has 4 aromatic heterocycles. The fourth-order valence-electron chi connectivity index (χ4n) is 4.30. The number of H-pyrrole nitrogens is 1. The summed E-state index contributed by atoms with van der Waals surface area (Å²) < 4.78 is 45.8. The fraction of sp³-hybridized carbons (Fsp3) is 0.444. The lowest BCUT2D eigenvalue weighted by Crippen LogP contribution is -2.22. The van der Waals surface area contributed by atoms with E-state index in [-0.39, 0.29) is 43.4 Å². The SMILES string of the molecule is Nc1nc2c(ncn2[C@@H]2O[C@@H]3COP(S)OCCn4c(nc5cncnc54)COP(=O)(S)O[C@@H]2C3)c(=O)[nH]1. The van der Waals surface area contributed by atoms with Gasteiger partial charge in [-0.05, 0) is 0 Å². The molecule has 3 N–H and O–H groups in total. The molecule has 0 spiro atoms. The molecule has 0 aromatic carbocycles. The first-order valence-corrected chi connectivity index (χ1v) is 16.2. The number of aromatic nitrogens is 8. The zero-order valence-electron chi connectivity index (χ0n) is 19.4. The van der Waals surface area contributed by atoms with Crippen LogP contribution in [0.2, 0.25) is 0 Å². The highest BCUT2D eigenvalue weighted by Crippen LogP contribution is 2.57. The Morgan fingerprint density at radius 1 is 1.24 bits per heavy atom. The molecule has 2 unspecified atom stereocenters. The zero-order valence-corrected chi connectivity index (χ0v) is 22.9. The van der Waals surface area contributed by atoms with E-state index in [0.29, 0.717) is 23.5 Å². The van der Waals surface area contributed by atoms with Crippen molar-refractivity contribution in [2.75, 3.05) is 18.9 Å². The molecule has 1 saturated heterocycles. The van der Waals surface area contributed by atoms with Crippen LogP contribution in [0.15, 0.2) is 23.6 Å². The molecule has 2 aliphatic rings. The summed E-state index contributed by atoms with van der Waals surface area (Å²) in [4.78, 5) is 35.8. The Bertz CT molecular complexity index is 1600. The molecule has 0 saturated carbocycles. The van der Waals surface area contributed by atoms with Crippen molar-refractivity contribution >= 4 is 67.1 Å². The molecule has 2 aliphatic heterocycles. The highest BCUT2D eigenvalue weighted by Gasteiger charge is 2.42. The number of hydrogen-bond donors (Lipinski definition) is 4. The Morgan fingerprint density at radius 2 is 2.11 bits per heavy atom. The maximum absolute atomic E-state index is 13.4. The third-order valence-corrected chi connectivity index (χ3v) is 8.96. The van der Waals surface area contributed by atoms with E-state index in [2.05, 4.69) is 54.4 Å². The van der Waals surface area contributed by atoms with Crippen molar-refractivity contribution in [2.45, 2.75) is 38.0 Å². The summed E-state index contributed by atoms with van der Waals surface area (Å²) in [6.45, 7) is -3.43. The van der Waals surface area contributed by atoms with Crippen LogP contribution < -0.4 is 11.3 Å². The maximum Gasteiger partial charge on any atom is 0.386 e. The van der Waals surface area contributed by atoms with Gasteiger partial charge in [0.15, 0.2) is 23.0 Å². The molecule has 20 heteroatoms. The van der Waals surface area contributed by atoms with Crippen LogP contribution in [0.1, 0.15) is 18.5 Å². The quantitative estimate of drug-likeness (QED) is 0.183. The average Bonchev–Trinajstić information content (AvgIpc) is 3.56. The molecule has 6 rings (SSSR count). The van der Waals surface area contributed by atoms with Crippen molar-refractivity contribution in [1.82, 2.24) is 39.0 Å². The Morgan fingerprint density at radius 3 is 2.97 bits per heavy atom. The van der Waals surface area contributed by atoms with E-state index < -0.39 is 38.4 Å². The number of fused-ring (bicyclic) bond motifs is 6. The lowest BCUT2D eigenvalue weighted by atomic mass is 10.2. The summed E-state index contributed by atoms with van der Waals surface area (Å²) in [7, 11) is -1.54. The Hall–Kier alpha value is -2.14. The number of imidazole rings is 2. The smallest absolute Gasteiger partial charge is 0.369 e. The van der Waals surface area contributed by atoms with Crippen molar-refractivity contribution in [3.63, 3.8) is 0 Å². The minimum atomic E-state index is -3.95. The minimum absolute atomic E-state index is 0.0583. The van der Waals surface area contributed by atoms with E-state index in [9.17, 15) is 9.36 Å². The van der Waals surface area contributed by atoms with Crippen LogP contribution in [0.4, 0.5) is 5.95 Å². The molecule has 0 aliphatic carbocycles. The summed E-state index contributed by atoms with van der Waals surface area (Å²) in [6.07, 6.45) is 2.35. The molecule has 202 valence electrons. The van der Waals surface area contributed by atoms with E-state index in [1.54, 1.807) is 10.8 Å². The molecular weight excluding hydrogens is 580 g/mol. The lowest BCUT2D eigenvalue weighted by Gasteiger charge is -2.23. The van der Waals surface area contributed by atoms with E-state index in [0.717, 1.165) is 0 Å². The Kier molecular flexibility index (Phi) is 7.17. The summed E-state index contributed by atoms with van der Waals surface area (Å²) >= 11 is 8.62. The van der Waals surface area contributed by atoms with Gasteiger partial charge in [-0.2, -0.15) is 4.98 Å². The van der Waals surface area contributed by atoms with Crippen molar-refractivity contribution in [3.8, 4) is 0 Å². The lowest BCUT2D eigenvalue weighted by molar-refractivity contribution is -0.0420. The second kappa shape index (κ2) is 10.4. The molecule has 6 heterocycles. The molecule has 1 fully saturated rings. The molecule has 0 radical (unpaired) electrons. The number of aromatic amines is 1. The second-order valence-corrected chi connectivity index (χ2v) is 13.2. The number of thiol groups is 2. The topological polar surface area (TPSA) is 196 Å². The van der Waals surface area contributed by atoms with Gasteiger partial charge in [0, 0.05) is 13.0 Å². The van der Waals surface area contributed by atoms with Crippen LogP contribution in [0, 0.1) is 0 Å². The molecule has 38 heavy (non-hydrogen) atoms. The molecule has 2 bridgehead atoms. The van der Waals surface area contributed by atoms with E-state index >= 15 is 0 Å². The highest BCUT2D eigenvalue weighted by atomic mass is 32.7. The van der Waals surface area contributed by atoms with Crippen LogP contribution in [0.25, 0.3) is 22.3 Å². The van der Waals surface area contributed by atoms with E-state index in [1.807, 2.05) is 0 Å². The van der Waals surface area contributed by atoms with Gasteiger partial charge in [-0.25, -0.2) is 24.5 Å². The number of rotatable bonds is 1. The Balaban J connectivity index is 1.33. The third-order valence-electron chi connectivity index (χ3n) is 5.87. The number of nitrogens with zero attached hydrogens (tertiary/aromatic N) is 7. The van der Waals surface area contributed by atoms with Gasteiger partial charge in [-0.3, -0.25) is 23.4 Å². The molecular formula is C18H21N9O7P2S2. The molecule has 4 aromatic rings. The predicted molar refractivity (Wildman–Crippen MR) is 140 cm³/mol. The number of hydrogen-bond acceptors (Lipinski definition) is 14. The van der Waals surface area contributed by atoms with Gasteiger partial charge in [0.05, 0.1) is 31.8 Å². The maximum atomic E-state index is 13.4. The van der Waals surface area contributed by atoms with Gasteiger partial charge < -0.3 is 24.1 Å². The number of ether oxygens (including phenoxy) is 1. The van der Waals surface area contributed by atoms with Crippen LogP contribution >= 0.6 is 38.9 Å². The first-order valence-electron chi connectivity index (χ1n) is 11.2. The average molecular weight is 602 g/mol. The van der Waals surface area contributed by atoms with Crippen molar-refractivity contribution in [1.29, 1.82) is 0 Å². The fourth-order valence-corrected chi connectivity index (χ4v) is 6.76.